The lowest BCUT2D eigenvalue weighted by atomic mass is 10.3. The summed E-state index contributed by atoms with van der Waals surface area (Å²) in [5.74, 6) is -0.477. The van der Waals surface area contributed by atoms with Crippen molar-refractivity contribution in [2.24, 2.45) is 0 Å². The van der Waals surface area contributed by atoms with E-state index in [0.717, 1.165) is 6.42 Å². The lowest BCUT2D eigenvalue weighted by molar-refractivity contribution is -0.136. The molecule has 0 radical (unpaired) electrons. The minimum Gasteiger partial charge on any atom is -0.481 e. The Labute approximate surface area is 87.1 Å². The monoisotopic (exact) mass is 222 g/mol. The van der Waals surface area contributed by atoms with Crippen LogP contribution in [0.25, 0.3) is 0 Å². The van der Waals surface area contributed by atoms with Crippen molar-refractivity contribution in [1.29, 1.82) is 0 Å². The molecule has 1 N–H and O–H groups in total. The molecule has 0 aromatic rings. The highest BCUT2D eigenvalue weighted by Crippen LogP contribution is 2.01. The van der Waals surface area contributed by atoms with Crippen LogP contribution in [0, 0.1) is 0 Å². The van der Waals surface area contributed by atoms with Crippen LogP contribution in [-0.2, 0) is 20.3 Å². The molecule has 0 heterocycles. The summed E-state index contributed by atoms with van der Waals surface area (Å²) >= 11 is 0. The van der Waals surface area contributed by atoms with Crippen molar-refractivity contribution in [3.8, 4) is 0 Å². The quantitative estimate of drug-likeness (QED) is 0.623. The lowest BCUT2D eigenvalue weighted by Crippen LogP contribution is -2.20. The normalized spacial score (nSPS) is 15.0. The van der Waals surface area contributed by atoms with E-state index >= 15 is 0 Å². The minimum absolute atomic E-state index is 0.0413. The molecule has 0 aromatic carbocycles. The van der Waals surface area contributed by atoms with Gasteiger partial charge in [-0.05, 0) is 6.42 Å². The fraction of sp³-hybridized carbons (Fsp3) is 0.889. The number of carbonyl (C=O) groups is 1. The molecule has 14 heavy (non-hydrogen) atoms. The van der Waals surface area contributed by atoms with Crippen LogP contribution in [-0.4, -0.2) is 39.5 Å². The average molecular weight is 222 g/mol. The molecular weight excluding hydrogens is 204 g/mol. The summed E-state index contributed by atoms with van der Waals surface area (Å²) in [4.78, 5) is 10.3. The molecule has 0 amide bonds. The Kier molecular flexibility index (Phi) is 7.70. The second-order valence-corrected chi connectivity index (χ2v) is 5.08. The molecule has 0 rings (SSSR count). The topological polar surface area (TPSA) is 63.6 Å². The maximum atomic E-state index is 11.4. The van der Waals surface area contributed by atoms with E-state index in [1.54, 1.807) is 6.92 Å². The number of hydrogen-bond donors (Lipinski definition) is 1. The SMILES string of the molecule is CCCOCCS(=O)C(C)CC(=O)O. The number of hydrogen-bond acceptors (Lipinski definition) is 3. The minimum atomic E-state index is -1.09. The highest BCUT2D eigenvalue weighted by Gasteiger charge is 2.14. The van der Waals surface area contributed by atoms with E-state index in [0.29, 0.717) is 19.0 Å². The van der Waals surface area contributed by atoms with Gasteiger partial charge in [-0.15, -0.1) is 0 Å². The van der Waals surface area contributed by atoms with Gasteiger partial charge >= 0.3 is 5.97 Å². The van der Waals surface area contributed by atoms with Crippen molar-refractivity contribution < 1.29 is 18.8 Å². The Morgan fingerprint density at radius 1 is 1.50 bits per heavy atom. The summed E-state index contributed by atoms with van der Waals surface area (Å²) in [7, 11) is -1.09. The third-order valence-corrected chi connectivity index (χ3v) is 3.32. The molecule has 2 unspecified atom stereocenters. The molecule has 84 valence electrons. The van der Waals surface area contributed by atoms with Gasteiger partial charge in [0.15, 0.2) is 0 Å². The zero-order chi connectivity index (χ0) is 11.0. The first-order valence-corrected chi connectivity index (χ1v) is 6.12. The molecule has 5 heteroatoms. The molecule has 0 aliphatic rings. The van der Waals surface area contributed by atoms with Crippen molar-refractivity contribution in [1.82, 2.24) is 0 Å². The molecule has 0 saturated heterocycles. The van der Waals surface area contributed by atoms with Gasteiger partial charge in [0.2, 0.25) is 0 Å². The molecule has 0 aliphatic heterocycles. The van der Waals surface area contributed by atoms with Crippen LogP contribution in [0.4, 0.5) is 0 Å². The largest absolute Gasteiger partial charge is 0.481 e. The molecule has 0 fully saturated rings. The Morgan fingerprint density at radius 3 is 2.64 bits per heavy atom. The van der Waals surface area contributed by atoms with Crippen LogP contribution >= 0.6 is 0 Å². The molecule has 4 nitrogen and oxygen atoms in total. The van der Waals surface area contributed by atoms with Crippen LogP contribution in [0.1, 0.15) is 26.7 Å². The van der Waals surface area contributed by atoms with Gasteiger partial charge in [-0.2, -0.15) is 0 Å². The summed E-state index contributed by atoms with van der Waals surface area (Å²) in [5.41, 5.74) is 0. The van der Waals surface area contributed by atoms with E-state index < -0.39 is 16.8 Å². The molecule has 0 bridgehead atoms. The third kappa shape index (κ3) is 7.03. The molecule has 0 aromatic heterocycles. The Morgan fingerprint density at radius 2 is 2.14 bits per heavy atom. The first kappa shape index (κ1) is 13.6. The van der Waals surface area contributed by atoms with Gasteiger partial charge in [0.05, 0.1) is 13.0 Å². The lowest BCUT2D eigenvalue weighted by Gasteiger charge is -2.08. The van der Waals surface area contributed by atoms with E-state index in [4.69, 9.17) is 9.84 Å². The smallest absolute Gasteiger partial charge is 0.304 e. The summed E-state index contributed by atoms with van der Waals surface area (Å²) in [6.07, 6.45) is 0.900. The maximum absolute atomic E-state index is 11.4. The summed E-state index contributed by atoms with van der Waals surface area (Å²) in [5, 5.41) is 8.18. The van der Waals surface area contributed by atoms with Crippen LogP contribution in [0.3, 0.4) is 0 Å². The van der Waals surface area contributed by atoms with Crippen LogP contribution in [0.15, 0.2) is 0 Å². The van der Waals surface area contributed by atoms with Gasteiger partial charge in [0, 0.05) is 28.4 Å². The van der Waals surface area contributed by atoms with E-state index in [1.165, 1.54) is 0 Å². The third-order valence-electron chi connectivity index (χ3n) is 1.69. The number of ether oxygens (including phenoxy) is 1. The maximum Gasteiger partial charge on any atom is 0.304 e. The second-order valence-electron chi connectivity index (χ2n) is 3.11. The zero-order valence-corrected chi connectivity index (χ0v) is 9.51. The summed E-state index contributed by atoms with van der Waals surface area (Å²) in [6, 6.07) is 0. The van der Waals surface area contributed by atoms with Gasteiger partial charge in [-0.25, -0.2) is 0 Å². The van der Waals surface area contributed by atoms with E-state index in [-0.39, 0.29) is 11.7 Å². The first-order chi connectivity index (χ1) is 6.57. The second kappa shape index (κ2) is 7.94. The fourth-order valence-electron chi connectivity index (χ4n) is 0.927. The summed E-state index contributed by atoms with van der Waals surface area (Å²) < 4.78 is 16.6. The van der Waals surface area contributed by atoms with Crippen molar-refractivity contribution in [2.45, 2.75) is 31.9 Å². The van der Waals surface area contributed by atoms with Crippen LogP contribution in [0.2, 0.25) is 0 Å². The van der Waals surface area contributed by atoms with Crippen molar-refractivity contribution in [3.63, 3.8) is 0 Å². The average Bonchev–Trinajstić information content (AvgIpc) is 2.11. The van der Waals surface area contributed by atoms with Gasteiger partial charge in [-0.3, -0.25) is 9.00 Å². The van der Waals surface area contributed by atoms with Crippen molar-refractivity contribution in [2.75, 3.05) is 19.0 Å². The van der Waals surface area contributed by atoms with Gasteiger partial charge < -0.3 is 9.84 Å². The highest BCUT2D eigenvalue weighted by atomic mass is 32.2. The number of carboxylic acids is 1. The Balaban J connectivity index is 3.57. The number of rotatable bonds is 8. The predicted molar refractivity (Wildman–Crippen MR) is 55.8 cm³/mol. The number of carboxylic acid groups (broad SMARTS) is 1. The van der Waals surface area contributed by atoms with Crippen molar-refractivity contribution in [3.05, 3.63) is 0 Å². The van der Waals surface area contributed by atoms with Crippen LogP contribution < -0.4 is 0 Å². The van der Waals surface area contributed by atoms with Gasteiger partial charge in [-0.1, -0.05) is 13.8 Å². The van der Waals surface area contributed by atoms with Gasteiger partial charge in [0.25, 0.3) is 0 Å². The number of aliphatic carboxylic acids is 1. The van der Waals surface area contributed by atoms with Crippen molar-refractivity contribution >= 4 is 16.8 Å². The molecule has 0 aliphatic carbocycles. The Bertz CT molecular complexity index is 193. The van der Waals surface area contributed by atoms with Gasteiger partial charge in [0.1, 0.15) is 0 Å². The molecule has 0 saturated carbocycles. The molecule has 2 atom stereocenters. The molecule has 0 spiro atoms. The zero-order valence-electron chi connectivity index (χ0n) is 8.69. The highest BCUT2D eigenvalue weighted by molar-refractivity contribution is 7.85. The van der Waals surface area contributed by atoms with E-state index in [2.05, 4.69) is 0 Å². The first-order valence-electron chi connectivity index (χ1n) is 4.74. The molecular formula is C9H18O4S. The van der Waals surface area contributed by atoms with E-state index in [1.807, 2.05) is 6.92 Å². The Hall–Kier alpha value is -0.420. The predicted octanol–water partition coefficient (Wildman–Crippen LogP) is 1.02. The van der Waals surface area contributed by atoms with E-state index in [9.17, 15) is 9.00 Å². The fourth-order valence-corrected chi connectivity index (χ4v) is 1.94. The summed E-state index contributed by atoms with van der Waals surface area (Å²) in [6.45, 7) is 4.81. The standard InChI is InChI=1S/C9H18O4S/c1-3-4-13-5-6-14(12)8(2)7-9(10)11/h8H,3-7H2,1-2H3,(H,10,11). The van der Waals surface area contributed by atoms with Crippen LogP contribution in [0.5, 0.6) is 0 Å².